The van der Waals surface area contributed by atoms with Crippen LogP contribution in [0.1, 0.15) is 31.2 Å². The first-order valence-corrected chi connectivity index (χ1v) is 9.85. The number of benzene rings is 1. The van der Waals surface area contributed by atoms with Gasteiger partial charge >= 0.3 is 0 Å². The Hall–Kier alpha value is -2.35. The van der Waals surface area contributed by atoms with Crippen LogP contribution < -0.4 is 14.8 Å². The lowest BCUT2D eigenvalue weighted by Crippen LogP contribution is -2.13. The quantitative estimate of drug-likeness (QED) is 0.633. The minimum Gasteiger partial charge on any atom is -0.497 e. The third-order valence-electron chi connectivity index (χ3n) is 4.89. The molecule has 1 aliphatic rings. The molecule has 7 nitrogen and oxygen atoms in total. The summed E-state index contributed by atoms with van der Waals surface area (Å²) in [4.78, 5) is 8.70. The Morgan fingerprint density at radius 2 is 2.07 bits per heavy atom. The molecule has 0 amide bonds. The van der Waals surface area contributed by atoms with Gasteiger partial charge in [0.15, 0.2) is 5.65 Å². The maximum atomic E-state index is 6.27. The summed E-state index contributed by atoms with van der Waals surface area (Å²) >= 11 is 3.49. The number of fused-ring (bicyclic) bond motifs is 1. The first kappa shape index (κ1) is 18.0. The number of aryl methyl sites for hydroxylation is 1. The third kappa shape index (κ3) is 3.71. The van der Waals surface area contributed by atoms with Crippen LogP contribution in [0.25, 0.3) is 11.0 Å². The molecule has 1 saturated carbocycles. The average Bonchev–Trinajstić information content (AvgIpc) is 3.29. The molecule has 4 rings (SSSR count). The Kier molecular flexibility index (Phi) is 5.15. The number of halogens is 1. The number of aromatic nitrogens is 4. The summed E-state index contributed by atoms with van der Waals surface area (Å²) in [6.45, 7) is 0.583. The smallest absolute Gasteiger partial charge is 0.164 e. The molecular weight excluding hydrogens is 410 g/mol. The van der Waals surface area contributed by atoms with Crippen LogP contribution >= 0.6 is 15.9 Å². The van der Waals surface area contributed by atoms with Gasteiger partial charge in [-0.25, -0.2) is 14.6 Å². The van der Waals surface area contributed by atoms with Crippen molar-refractivity contribution in [1.29, 1.82) is 0 Å². The van der Waals surface area contributed by atoms with E-state index in [1.165, 1.54) is 12.8 Å². The molecule has 27 heavy (non-hydrogen) atoms. The van der Waals surface area contributed by atoms with Crippen LogP contribution in [-0.4, -0.2) is 33.0 Å². The first-order chi connectivity index (χ1) is 13.2. The van der Waals surface area contributed by atoms with Gasteiger partial charge in [0.1, 0.15) is 28.2 Å². The Morgan fingerprint density at radius 3 is 2.85 bits per heavy atom. The molecule has 142 valence electrons. The zero-order valence-corrected chi connectivity index (χ0v) is 17.0. The average molecular weight is 432 g/mol. The highest BCUT2D eigenvalue weighted by molar-refractivity contribution is 9.10. The summed E-state index contributed by atoms with van der Waals surface area (Å²) in [5.41, 5.74) is 1.84. The largest absolute Gasteiger partial charge is 0.497 e. The molecule has 0 atom stereocenters. The summed E-state index contributed by atoms with van der Waals surface area (Å²) in [5.74, 6) is 2.40. The van der Waals surface area contributed by atoms with Gasteiger partial charge < -0.3 is 14.8 Å². The number of ether oxygens (including phenoxy) is 2. The summed E-state index contributed by atoms with van der Waals surface area (Å²) in [6.07, 6.45) is 6.52. The maximum Gasteiger partial charge on any atom is 0.164 e. The molecule has 0 aliphatic heterocycles. The van der Waals surface area contributed by atoms with Crippen molar-refractivity contribution < 1.29 is 9.47 Å². The topological polar surface area (TPSA) is 74.1 Å². The Morgan fingerprint density at radius 1 is 1.26 bits per heavy atom. The SMILES string of the molecule is COc1ccc(CNc2ncnc3c2c(Br)nn3C)c(OC2CCCC2)c1. The second-order valence-electron chi connectivity index (χ2n) is 6.69. The van der Waals surface area contributed by atoms with E-state index >= 15 is 0 Å². The fourth-order valence-electron chi connectivity index (χ4n) is 3.46. The van der Waals surface area contributed by atoms with Crippen molar-refractivity contribution in [2.45, 2.75) is 38.3 Å². The molecule has 2 heterocycles. The minimum absolute atomic E-state index is 0.286. The van der Waals surface area contributed by atoms with Crippen molar-refractivity contribution >= 4 is 32.8 Å². The standard InChI is InChI=1S/C19H22BrN5O2/c1-25-19-16(17(20)24-25)18(22-11-23-19)21-10-12-7-8-14(26-2)9-15(12)27-13-5-3-4-6-13/h7-9,11,13H,3-6,10H2,1-2H3,(H,21,22,23). The fourth-order valence-corrected chi connectivity index (χ4v) is 4.06. The van der Waals surface area contributed by atoms with Crippen LogP contribution in [0.3, 0.4) is 0 Å². The summed E-state index contributed by atoms with van der Waals surface area (Å²) < 4.78 is 14.1. The van der Waals surface area contributed by atoms with E-state index in [4.69, 9.17) is 9.47 Å². The number of nitrogens with zero attached hydrogens (tertiary/aromatic N) is 4. The monoisotopic (exact) mass is 431 g/mol. The van der Waals surface area contributed by atoms with Crippen molar-refractivity contribution in [2.24, 2.45) is 7.05 Å². The Bertz CT molecular complexity index is 953. The lowest BCUT2D eigenvalue weighted by atomic mass is 10.1. The van der Waals surface area contributed by atoms with Gasteiger partial charge in [-0.1, -0.05) is 0 Å². The van der Waals surface area contributed by atoms with Crippen molar-refractivity contribution in [3.05, 3.63) is 34.7 Å². The highest BCUT2D eigenvalue weighted by atomic mass is 79.9. The van der Waals surface area contributed by atoms with E-state index in [1.807, 2.05) is 25.2 Å². The maximum absolute atomic E-state index is 6.27. The summed E-state index contributed by atoms with van der Waals surface area (Å²) in [7, 11) is 3.53. The van der Waals surface area contributed by atoms with Gasteiger partial charge in [-0.2, -0.15) is 5.10 Å². The van der Waals surface area contributed by atoms with Crippen molar-refractivity contribution in [3.8, 4) is 11.5 Å². The number of hydrogen-bond acceptors (Lipinski definition) is 6. The van der Waals surface area contributed by atoms with Gasteiger partial charge in [0.2, 0.25) is 0 Å². The molecule has 1 aliphatic carbocycles. The zero-order valence-electron chi connectivity index (χ0n) is 15.4. The van der Waals surface area contributed by atoms with Crippen LogP contribution in [0.5, 0.6) is 11.5 Å². The molecule has 0 spiro atoms. The molecule has 0 saturated heterocycles. The highest BCUT2D eigenvalue weighted by Crippen LogP contribution is 2.32. The molecule has 0 bridgehead atoms. The van der Waals surface area contributed by atoms with Gasteiger partial charge in [0.25, 0.3) is 0 Å². The predicted molar refractivity (Wildman–Crippen MR) is 107 cm³/mol. The van der Waals surface area contributed by atoms with Crippen molar-refractivity contribution in [1.82, 2.24) is 19.7 Å². The highest BCUT2D eigenvalue weighted by Gasteiger charge is 2.19. The van der Waals surface area contributed by atoms with Crippen LogP contribution in [0.15, 0.2) is 29.1 Å². The van der Waals surface area contributed by atoms with Gasteiger partial charge in [0, 0.05) is 25.2 Å². The molecule has 3 aromatic rings. The van der Waals surface area contributed by atoms with Gasteiger partial charge in [0.05, 0.1) is 18.6 Å². The molecule has 0 radical (unpaired) electrons. The molecular formula is C19H22BrN5O2. The third-order valence-corrected chi connectivity index (χ3v) is 5.45. The second kappa shape index (κ2) is 7.72. The lowest BCUT2D eigenvalue weighted by molar-refractivity contribution is 0.207. The number of rotatable bonds is 6. The van der Waals surface area contributed by atoms with E-state index in [0.717, 1.165) is 51.4 Å². The normalized spacial score (nSPS) is 14.6. The molecule has 2 aromatic heterocycles. The number of nitrogens with one attached hydrogen (secondary N) is 1. The predicted octanol–water partition coefficient (Wildman–Crippen LogP) is 4.07. The van der Waals surface area contributed by atoms with E-state index in [1.54, 1.807) is 18.1 Å². The van der Waals surface area contributed by atoms with Gasteiger partial charge in [-0.05, 0) is 53.7 Å². The van der Waals surface area contributed by atoms with E-state index in [-0.39, 0.29) is 6.10 Å². The van der Waals surface area contributed by atoms with E-state index < -0.39 is 0 Å². The Balaban J connectivity index is 1.59. The minimum atomic E-state index is 0.286. The van der Waals surface area contributed by atoms with Crippen LogP contribution in [-0.2, 0) is 13.6 Å². The molecule has 0 unspecified atom stereocenters. The number of anilines is 1. The zero-order chi connectivity index (χ0) is 18.8. The number of methoxy groups -OCH3 is 1. The number of hydrogen-bond donors (Lipinski definition) is 1. The van der Waals surface area contributed by atoms with Crippen LogP contribution in [0, 0.1) is 0 Å². The van der Waals surface area contributed by atoms with E-state index in [9.17, 15) is 0 Å². The lowest BCUT2D eigenvalue weighted by Gasteiger charge is -2.18. The Labute approximate surface area is 166 Å². The van der Waals surface area contributed by atoms with Crippen molar-refractivity contribution in [3.63, 3.8) is 0 Å². The molecule has 1 fully saturated rings. The second-order valence-corrected chi connectivity index (χ2v) is 7.44. The van der Waals surface area contributed by atoms with E-state index in [0.29, 0.717) is 6.54 Å². The van der Waals surface area contributed by atoms with Crippen LogP contribution in [0.2, 0.25) is 0 Å². The molecule has 8 heteroatoms. The van der Waals surface area contributed by atoms with Gasteiger partial charge in [-0.3, -0.25) is 0 Å². The molecule has 1 N–H and O–H groups in total. The fraction of sp³-hybridized carbons (Fsp3) is 0.421. The van der Waals surface area contributed by atoms with Gasteiger partial charge in [-0.15, -0.1) is 0 Å². The van der Waals surface area contributed by atoms with Crippen molar-refractivity contribution in [2.75, 3.05) is 12.4 Å². The first-order valence-electron chi connectivity index (χ1n) is 9.06. The molecule has 1 aromatic carbocycles. The summed E-state index contributed by atoms with van der Waals surface area (Å²) in [6, 6.07) is 5.95. The summed E-state index contributed by atoms with van der Waals surface area (Å²) in [5, 5.41) is 8.64. The van der Waals surface area contributed by atoms with Crippen LogP contribution in [0.4, 0.5) is 5.82 Å². The van der Waals surface area contributed by atoms with E-state index in [2.05, 4.69) is 36.3 Å².